The zero-order valence-corrected chi connectivity index (χ0v) is 7.87. The third-order valence-corrected chi connectivity index (χ3v) is 2.16. The number of cyclic esters (lactones) is 2. The molecular weight excluding hydrogens is 158 g/mol. The predicted octanol–water partition coefficient (Wildman–Crippen LogP) is 0.966. The SMILES string of the molecule is CCC[N+](C)(C)C1COC(=O)O1. The van der Waals surface area contributed by atoms with Gasteiger partial charge >= 0.3 is 6.16 Å². The molecular formula is C8H16NO3+. The van der Waals surface area contributed by atoms with Crippen LogP contribution in [0.25, 0.3) is 0 Å². The van der Waals surface area contributed by atoms with Crippen LogP contribution in [0.5, 0.6) is 0 Å². The van der Waals surface area contributed by atoms with E-state index in [1.165, 1.54) is 0 Å². The normalized spacial score (nSPS) is 23.6. The first kappa shape index (κ1) is 9.32. The van der Waals surface area contributed by atoms with E-state index in [9.17, 15) is 4.79 Å². The van der Waals surface area contributed by atoms with E-state index in [2.05, 4.69) is 6.92 Å². The molecule has 1 saturated heterocycles. The van der Waals surface area contributed by atoms with E-state index in [0.29, 0.717) is 11.1 Å². The highest BCUT2D eigenvalue weighted by molar-refractivity contribution is 5.61. The van der Waals surface area contributed by atoms with Gasteiger partial charge in [0.2, 0.25) is 0 Å². The van der Waals surface area contributed by atoms with Crippen LogP contribution in [-0.2, 0) is 9.47 Å². The molecule has 0 N–H and O–H groups in total. The number of ether oxygens (including phenoxy) is 2. The molecule has 1 unspecified atom stereocenters. The highest BCUT2D eigenvalue weighted by Gasteiger charge is 2.37. The molecule has 1 heterocycles. The van der Waals surface area contributed by atoms with Crippen LogP contribution in [-0.4, -0.2) is 44.1 Å². The Labute approximate surface area is 72.6 Å². The smallest absolute Gasteiger partial charge is 0.424 e. The molecule has 70 valence electrons. The van der Waals surface area contributed by atoms with E-state index in [0.717, 1.165) is 13.0 Å². The van der Waals surface area contributed by atoms with Gasteiger partial charge in [-0.25, -0.2) is 4.79 Å². The van der Waals surface area contributed by atoms with Crippen LogP contribution in [0, 0.1) is 0 Å². The van der Waals surface area contributed by atoms with Gasteiger partial charge in [-0.2, -0.15) is 0 Å². The number of carbonyl (C=O) groups excluding carboxylic acids is 1. The summed E-state index contributed by atoms with van der Waals surface area (Å²) in [5, 5.41) is 0. The molecule has 1 atom stereocenters. The van der Waals surface area contributed by atoms with Crippen molar-refractivity contribution in [3.8, 4) is 0 Å². The lowest BCUT2D eigenvalue weighted by atomic mass is 10.3. The summed E-state index contributed by atoms with van der Waals surface area (Å²) < 4.78 is 10.4. The molecule has 1 aliphatic rings. The monoisotopic (exact) mass is 174 g/mol. The van der Waals surface area contributed by atoms with Gasteiger partial charge in [0.1, 0.15) is 0 Å². The largest absolute Gasteiger partial charge is 0.513 e. The Hall–Kier alpha value is -0.770. The van der Waals surface area contributed by atoms with Crippen molar-refractivity contribution in [2.45, 2.75) is 19.6 Å². The molecule has 1 rings (SSSR count). The maximum Gasteiger partial charge on any atom is 0.513 e. The number of quaternary nitrogens is 1. The van der Waals surface area contributed by atoms with Crippen molar-refractivity contribution in [3.05, 3.63) is 0 Å². The van der Waals surface area contributed by atoms with E-state index in [1.807, 2.05) is 14.1 Å². The van der Waals surface area contributed by atoms with Gasteiger partial charge in [-0.1, -0.05) is 6.92 Å². The van der Waals surface area contributed by atoms with Crippen LogP contribution in [0.3, 0.4) is 0 Å². The minimum atomic E-state index is -0.540. The Bertz CT molecular complexity index is 179. The first-order chi connectivity index (χ1) is 5.56. The molecule has 0 spiro atoms. The van der Waals surface area contributed by atoms with E-state index in [1.54, 1.807) is 0 Å². The molecule has 1 aliphatic heterocycles. The number of carbonyl (C=O) groups is 1. The summed E-state index contributed by atoms with van der Waals surface area (Å²) in [6.07, 6.45) is 0.404. The van der Waals surface area contributed by atoms with E-state index < -0.39 is 6.16 Å². The van der Waals surface area contributed by atoms with Crippen molar-refractivity contribution in [1.82, 2.24) is 0 Å². The molecule has 0 aromatic heterocycles. The minimum Gasteiger partial charge on any atom is -0.424 e. The summed E-state index contributed by atoms with van der Waals surface area (Å²) in [5.74, 6) is 0. The van der Waals surface area contributed by atoms with Gasteiger partial charge in [0.25, 0.3) is 6.23 Å². The molecule has 0 saturated carbocycles. The van der Waals surface area contributed by atoms with Crippen LogP contribution in [0.1, 0.15) is 13.3 Å². The molecule has 4 heteroatoms. The lowest BCUT2D eigenvalue weighted by molar-refractivity contribution is -0.932. The second-order valence-corrected chi connectivity index (χ2v) is 3.64. The molecule has 0 aromatic carbocycles. The molecule has 0 radical (unpaired) electrons. The van der Waals surface area contributed by atoms with Crippen LogP contribution >= 0.6 is 0 Å². The molecule has 1 fully saturated rings. The first-order valence-electron chi connectivity index (χ1n) is 4.22. The molecule has 0 bridgehead atoms. The van der Waals surface area contributed by atoms with Gasteiger partial charge in [0, 0.05) is 0 Å². The van der Waals surface area contributed by atoms with Crippen LogP contribution in [0.15, 0.2) is 0 Å². The number of nitrogens with zero attached hydrogens (tertiary/aromatic N) is 1. The van der Waals surface area contributed by atoms with Gasteiger partial charge in [0.05, 0.1) is 20.6 Å². The fourth-order valence-electron chi connectivity index (χ4n) is 1.38. The van der Waals surface area contributed by atoms with Crippen molar-refractivity contribution in [2.24, 2.45) is 0 Å². The summed E-state index contributed by atoms with van der Waals surface area (Å²) in [5.41, 5.74) is 0. The fourth-order valence-corrected chi connectivity index (χ4v) is 1.38. The predicted molar refractivity (Wildman–Crippen MR) is 43.5 cm³/mol. The van der Waals surface area contributed by atoms with Crippen LogP contribution in [0.4, 0.5) is 4.79 Å². The van der Waals surface area contributed by atoms with Crippen LogP contribution in [0.2, 0.25) is 0 Å². The van der Waals surface area contributed by atoms with E-state index in [-0.39, 0.29) is 6.23 Å². The summed E-state index contributed by atoms with van der Waals surface area (Å²) in [6, 6.07) is 0. The Kier molecular flexibility index (Phi) is 2.57. The zero-order chi connectivity index (χ0) is 9.19. The van der Waals surface area contributed by atoms with Crippen molar-refractivity contribution >= 4 is 6.16 Å². The number of hydrogen-bond donors (Lipinski definition) is 0. The van der Waals surface area contributed by atoms with Crippen molar-refractivity contribution in [3.63, 3.8) is 0 Å². The summed E-state index contributed by atoms with van der Waals surface area (Å²) >= 11 is 0. The summed E-state index contributed by atoms with van der Waals surface area (Å²) in [7, 11) is 4.08. The maximum atomic E-state index is 10.6. The topological polar surface area (TPSA) is 35.5 Å². The minimum absolute atomic E-state index is 0.127. The Morgan fingerprint density at radius 2 is 2.25 bits per heavy atom. The molecule has 4 nitrogen and oxygen atoms in total. The zero-order valence-electron chi connectivity index (χ0n) is 7.87. The molecule has 12 heavy (non-hydrogen) atoms. The lowest BCUT2D eigenvalue weighted by Gasteiger charge is -2.32. The Morgan fingerprint density at radius 1 is 1.58 bits per heavy atom. The number of hydrogen-bond acceptors (Lipinski definition) is 3. The quantitative estimate of drug-likeness (QED) is 0.472. The van der Waals surface area contributed by atoms with Crippen molar-refractivity contribution in [2.75, 3.05) is 27.2 Å². The maximum absolute atomic E-state index is 10.6. The van der Waals surface area contributed by atoms with Gasteiger partial charge in [-0.3, -0.25) is 4.48 Å². The number of rotatable bonds is 3. The lowest BCUT2D eigenvalue weighted by Crippen LogP contribution is -2.50. The average molecular weight is 174 g/mol. The molecule has 0 aliphatic carbocycles. The average Bonchev–Trinajstić information content (AvgIpc) is 2.36. The van der Waals surface area contributed by atoms with Gasteiger partial charge in [-0.15, -0.1) is 0 Å². The van der Waals surface area contributed by atoms with Gasteiger partial charge < -0.3 is 9.47 Å². The van der Waals surface area contributed by atoms with Gasteiger partial charge in [-0.05, 0) is 6.42 Å². The third-order valence-electron chi connectivity index (χ3n) is 2.16. The molecule has 0 aromatic rings. The number of likely N-dealkylation sites (N-methyl/N-ethyl adjacent to an activating group) is 1. The second-order valence-electron chi connectivity index (χ2n) is 3.64. The second kappa shape index (κ2) is 3.31. The third kappa shape index (κ3) is 1.88. The van der Waals surface area contributed by atoms with Crippen LogP contribution < -0.4 is 0 Å². The highest BCUT2D eigenvalue weighted by Crippen LogP contribution is 2.16. The fraction of sp³-hybridized carbons (Fsp3) is 0.875. The van der Waals surface area contributed by atoms with Crippen molar-refractivity contribution < 1.29 is 18.8 Å². The Morgan fingerprint density at radius 3 is 2.67 bits per heavy atom. The summed E-state index contributed by atoms with van der Waals surface area (Å²) in [4.78, 5) is 10.6. The van der Waals surface area contributed by atoms with Gasteiger partial charge in [0.15, 0.2) is 6.61 Å². The van der Waals surface area contributed by atoms with E-state index >= 15 is 0 Å². The standard InChI is InChI=1S/C8H16NO3/c1-4-5-9(2,3)7-6-11-8(10)12-7/h7H,4-6H2,1-3H3/q+1. The highest BCUT2D eigenvalue weighted by atomic mass is 16.8. The van der Waals surface area contributed by atoms with E-state index in [4.69, 9.17) is 9.47 Å². The summed E-state index contributed by atoms with van der Waals surface area (Å²) in [6.45, 7) is 3.48. The molecule has 0 amide bonds. The Balaban J connectivity index is 2.51. The first-order valence-corrected chi connectivity index (χ1v) is 4.22. The van der Waals surface area contributed by atoms with Crippen molar-refractivity contribution in [1.29, 1.82) is 0 Å².